The topological polar surface area (TPSA) is 67.4 Å². The molecule has 0 atom stereocenters. The van der Waals surface area contributed by atoms with Crippen molar-refractivity contribution in [2.45, 2.75) is 32.2 Å². The molecule has 0 spiro atoms. The first-order chi connectivity index (χ1) is 14.8. The summed E-state index contributed by atoms with van der Waals surface area (Å²) in [6.07, 6.45) is -0.625. The van der Waals surface area contributed by atoms with Gasteiger partial charge in [0.05, 0.1) is 0 Å². The Morgan fingerprint density at radius 3 is 2.19 bits per heavy atom. The molecule has 0 fully saturated rings. The van der Waals surface area contributed by atoms with Crippen molar-refractivity contribution < 1.29 is 47.0 Å². The average molecular weight is 502 g/mol. The van der Waals surface area contributed by atoms with Crippen LogP contribution in [0.15, 0.2) is 66.7 Å². The zero-order valence-corrected chi connectivity index (χ0v) is 21.3. The molecule has 5 nitrogen and oxygen atoms in total. The van der Waals surface area contributed by atoms with Gasteiger partial charge >= 0.3 is 6.09 Å². The minimum atomic E-state index is -1.14. The van der Waals surface area contributed by atoms with E-state index in [9.17, 15) is 9.59 Å². The zero-order chi connectivity index (χ0) is 22.0. The Morgan fingerprint density at radius 2 is 1.59 bits per heavy atom. The van der Waals surface area contributed by atoms with Crippen molar-refractivity contribution in [3.05, 3.63) is 89.5 Å². The maximum atomic E-state index is 12.7. The van der Waals surface area contributed by atoms with Crippen molar-refractivity contribution in [1.82, 2.24) is 5.32 Å². The van der Waals surface area contributed by atoms with Crippen LogP contribution in [0.4, 0.5) is 10.5 Å². The molecule has 2 amide bonds. The smallest absolute Gasteiger partial charge is 0.408 e. The summed E-state index contributed by atoms with van der Waals surface area (Å²) >= 11 is 0. The van der Waals surface area contributed by atoms with Crippen molar-refractivity contribution in [3.8, 4) is 11.1 Å². The molecule has 0 saturated heterocycles. The van der Waals surface area contributed by atoms with Gasteiger partial charge in [0.1, 0.15) is 12.1 Å². The van der Waals surface area contributed by atoms with Crippen LogP contribution in [-0.2, 0) is 42.2 Å². The first-order valence-electron chi connectivity index (χ1n) is 10.3. The molecule has 6 heteroatoms. The first-order valence-corrected chi connectivity index (χ1v) is 10.3. The second kappa shape index (κ2) is 9.97. The summed E-state index contributed by atoms with van der Waals surface area (Å²) in [5, 5.41) is 5.50. The van der Waals surface area contributed by atoms with Crippen molar-refractivity contribution in [3.63, 3.8) is 0 Å². The summed E-state index contributed by atoms with van der Waals surface area (Å²) in [5.41, 5.74) is 5.05. The molecule has 0 aromatic heterocycles. The summed E-state index contributed by atoms with van der Waals surface area (Å²) < 4.78 is 5.56. The second-order valence-electron chi connectivity index (χ2n) is 8.29. The van der Waals surface area contributed by atoms with Crippen LogP contribution in [0.25, 0.3) is 11.1 Å². The Kier molecular flexibility index (Phi) is 7.53. The van der Waals surface area contributed by atoms with E-state index >= 15 is 0 Å². The number of nitrogens with one attached hydrogen (secondary N) is 2. The van der Waals surface area contributed by atoms with E-state index in [1.807, 2.05) is 37.3 Å². The maximum absolute atomic E-state index is 12.7. The van der Waals surface area contributed by atoms with E-state index in [4.69, 9.17) is 4.74 Å². The predicted molar refractivity (Wildman–Crippen MR) is 121 cm³/mol. The van der Waals surface area contributed by atoms with Gasteiger partial charge in [0.2, 0.25) is 5.91 Å². The molecule has 0 saturated carbocycles. The molecule has 4 rings (SSSR count). The van der Waals surface area contributed by atoms with Gasteiger partial charge in [0.25, 0.3) is 0 Å². The fourth-order valence-electron chi connectivity index (χ4n) is 3.90. The first kappa shape index (κ1) is 24.2. The van der Waals surface area contributed by atoms with Crippen molar-refractivity contribution >= 4 is 17.7 Å². The number of ether oxygens (including phenoxy) is 1. The summed E-state index contributed by atoms with van der Waals surface area (Å²) in [6.45, 7) is 5.39. The molecular formula is C26H25N2O3Y-. The molecule has 0 bridgehead atoms. The van der Waals surface area contributed by atoms with Gasteiger partial charge in [-0.05, 0) is 36.1 Å². The maximum Gasteiger partial charge on any atom is 0.408 e. The SMILES string of the molecule is Cc1[c-]ccc(NC(=O)C(C)(C)NC(=O)OCC2c3ccccc3-c3ccccc32)c1.[Y]. The van der Waals surface area contributed by atoms with E-state index in [0.29, 0.717) is 5.69 Å². The van der Waals surface area contributed by atoms with Crippen molar-refractivity contribution in [2.75, 3.05) is 11.9 Å². The van der Waals surface area contributed by atoms with Crippen LogP contribution in [0.2, 0.25) is 0 Å². The van der Waals surface area contributed by atoms with Gasteiger partial charge in [-0.15, -0.1) is 12.1 Å². The van der Waals surface area contributed by atoms with E-state index in [0.717, 1.165) is 16.7 Å². The molecule has 161 valence electrons. The van der Waals surface area contributed by atoms with Gasteiger partial charge in [-0.25, -0.2) is 4.79 Å². The fourth-order valence-corrected chi connectivity index (χ4v) is 3.90. The predicted octanol–water partition coefficient (Wildman–Crippen LogP) is 5.05. The molecule has 2 N–H and O–H groups in total. The number of hydrogen-bond acceptors (Lipinski definition) is 3. The third kappa shape index (κ3) is 5.11. The number of carbonyl (C=O) groups excluding carboxylic acids is 2. The molecule has 1 aliphatic carbocycles. The van der Waals surface area contributed by atoms with Crippen LogP contribution in [0.1, 0.15) is 36.5 Å². The van der Waals surface area contributed by atoms with Gasteiger partial charge < -0.3 is 15.4 Å². The molecule has 3 aromatic carbocycles. The van der Waals surface area contributed by atoms with E-state index < -0.39 is 11.6 Å². The zero-order valence-electron chi connectivity index (χ0n) is 18.4. The molecule has 0 heterocycles. The average Bonchev–Trinajstić information content (AvgIpc) is 3.06. The van der Waals surface area contributed by atoms with Gasteiger partial charge in [0, 0.05) is 38.6 Å². The summed E-state index contributed by atoms with van der Waals surface area (Å²) in [5.74, 6) is -0.356. The van der Waals surface area contributed by atoms with Crippen LogP contribution in [0.3, 0.4) is 0 Å². The number of alkyl carbamates (subject to hydrolysis) is 1. The van der Waals surface area contributed by atoms with E-state index in [1.165, 1.54) is 11.1 Å². The Bertz CT molecular complexity index is 1100. The number of carbonyl (C=O) groups is 2. The number of aryl methyl sites for hydroxylation is 1. The Labute approximate surface area is 213 Å². The van der Waals surface area contributed by atoms with Crippen molar-refractivity contribution in [1.29, 1.82) is 0 Å². The number of amides is 2. The Hall–Kier alpha value is -2.50. The van der Waals surface area contributed by atoms with Crippen molar-refractivity contribution in [2.24, 2.45) is 0 Å². The van der Waals surface area contributed by atoms with Gasteiger partial charge in [-0.2, -0.15) is 17.7 Å². The monoisotopic (exact) mass is 502 g/mol. The summed E-state index contributed by atoms with van der Waals surface area (Å²) in [4.78, 5) is 25.2. The normalized spacial score (nSPS) is 12.2. The minimum Gasteiger partial charge on any atom is -0.449 e. The van der Waals surface area contributed by atoms with E-state index in [-0.39, 0.29) is 51.1 Å². The van der Waals surface area contributed by atoms with Crippen LogP contribution >= 0.6 is 0 Å². The minimum absolute atomic E-state index is 0. The van der Waals surface area contributed by atoms with Crippen LogP contribution in [0.5, 0.6) is 0 Å². The number of anilines is 1. The van der Waals surface area contributed by atoms with Crippen LogP contribution < -0.4 is 10.6 Å². The van der Waals surface area contributed by atoms with Gasteiger partial charge in [0.15, 0.2) is 0 Å². The molecule has 1 radical (unpaired) electrons. The third-order valence-corrected chi connectivity index (χ3v) is 5.53. The van der Waals surface area contributed by atoms with E-state index in [1.54, 1.807) is 26.0 Å². The van der Waals surface area contributed by atoms with E-state index in [2.05, 4.69) is 41.0 Å². The summed E-state index contributed by atoms with van der Waals surface area (Å²) in [6, 6.07) is 24.7. The van der Waals surface area contributed by atoms with Gasteiger partial charge in [-0.3, -0.25) is 4.79 Å². The number of hydrogen-bond donors (Lipinski definition) is 2. The second-order valence-corrected chi connectivity index (χ2v) is 8.29. The largest absolute Gasteiger partial charge is 0.449 e. The number of rotatable bonds is 5. The third-order valence-electron chi connectivity index (χ3n) is 5.53. The standard InChI is InChI=1S/C26H25N2O3.Y/c1-17-9-8-10-18(15-17)27-24(29)26(2,3)28-25(30)31-16-23-21-13-6-4-11-19(21)20-12-5-7-14-22(20)23;/h4-8,10-15,23H,16H2,1-3H3,(H,27,29)(H,28,30);/q-1;. The molecule has 0 aliphatic heterocycles. The van der Waals surface area contributed by atoms with Gasteiger partial charge in [-0.1, -0.05) is 61.1 Å². The summed E-state index contributed by atoms with van der Waals surface area (Å²) in [7, 11) is 0. The Morgan fingerprint density at radius 1 is 1.00 bits per heavy atom. The Balaban J connectivity index is 0.00000289. The fraction of sp³-hybridized carbons (Fsp3) is 0.231. The van der Waals surface area contributed by atoms with Crippen LogP contribution in [0, 0.1) is 13.0 Å². The quantitative estimate of drug-likeness (QED) is 0.480. The number of fused-ring (bicyclic) bond motifs is 3. The molecule has 1 aliphatic rings. The molecular weight excluding hydrogens is 477 g/mol. The molecule has 3 aromatic rings. The van der Waals surface area contributed by atoms with Crippen LogP contribution in [-0.4, -0.2) is 24.1 Å². The molecule has 32 heavy (non-hydrogen) atoms. The molecule has 0 unspecified atom stereocenters. The number of benzene rings is 3.